The summed E-state index contributed by atoms with van der Waals surface area (Å²) in [5.74, 6) is 0.559. The van der Waals surface area contributed by atoms with Crippen LogP contribution in [-0.2, 0) is 0 Å². The van der Waals surface area contributed by atoms with Gasteiger partial charge in [0, 0.05) is 19.6 Å². The highest BCUT2D eigenvalue weighted by Gasteiger charge is 2.25. The summed E-state index contributed by atoms with van der Waals surface area (Å²) < 4.78 is 0. The molecule has 0 aliphatic rings. The van der Waals surface area contributed by atoms with Crippen molar-refractivity contribution in [2.45, 2.75) is 13.8 Å². The fourth-order valence-electron chi connectivity index (χ4n) is 1.59. The van der Waals surface area contributed by atoms with E-state index >= 15 is 0 Å². The summed E-state index contributed by atoms with van der Waals surface area (Å²) in [7, 11) is 0. The SMILES string of the molecule is C=CCNc1ncnc(N(CC)CC)c1[N+](=O)[O-]. The Bertz CT molecular complexity index is 431. The Morgan fingerprint density at radius 3 is 2.67 bits per heavy atom. The molecule has 1 aromatic heterocycles. The van der Waals surface area contributed by atoms with Crippen LogP contribution in [0.3, 0.4) is 0 Å². The van der Waals surface area contributed by atoms with Crippen molar-refractivity contribution in [3.05, 3.63) is 29.1 Å². The second kappa shape index (κ2) is 6.53. The smallest absolute Gasteiger partial charge is 0.353 e. The van der Waals surface area contributed by atoms with Gasteiger partial charge in [0.05, 0.1) is 4.92 Å². The van der Waals surface area contributed by atoms with Gasteiger partial charge in [-0.05, 0) is 13.8 Å². The molecule has 0 atom stereocenters. The first-order valence-electron chi connectivity index (χ1n) is 5.74. The molecule has 0 spiro atoms. The molecule has 7 nitrogen and oxygen atoms in total. The van der Waals surface area contributed by atoms with Crippen LogP contribution in [0.15, 0.2) is 19.0 Å². The fraction of sp³-hybridized carbons (Fsp3) is 0.455. The van der Waals surface area contributed by atoms with Gasteiger partial charge in [0.25, 0.3) is 0 Å². The summed E-state index contributed by atoms with van der Waals surface area (Å²) in [6.45, 7) is 9.11. The van der Waals surface area contributed by atoms with Crippen molar-refractivity contribution >= 4 is 17.3 Å². The molecule has 0 aromatic carbocycles. The van der Waals surface area contributed by atoms with E-state index in [9.17, 15) is 10.1 Å². The number of rotatable bonds is 7. The maximum absolute atomic E-state index is 11.2. The second-order valence-electron chi connectivity index (χ2n) is 3.49. The summed E-state index contributed by atoms with van der Waals surface area (Å²) >= 11 is 0. The molecule has 1 heterocycles. The van der Waals surface area contributed by atoms with Crippen LogP contribution in [0.5, 0.6) is 0 Å². The molecule has 0 radical (unpaired) electrons. The van der Waals surface area contributed by atoms with E-state index in [2.05, 4.69) is 21.9 Å². The van der Waals surface area contributed by atoms with E-state index in [0.717, 1.165) is 0 Å². The van der Waals surface area contributed by atoms with E-state index in [1.54, 1.807) is 6.08 Å². The predicted molar refractivity (Wildman–Crippen MR) is 70.9 cm³/mol. The molecule has 1 N–H and O–H groups in total. The maximum atomic E-state index is 11.2. The number of nitrogens with zero attached hydrogens (tertiary/aromatic N) is 4. The van der Waals surface area contributed by atoms with Crippen LogP contribution in [0.2, 0.25) is 0 Å². The minimum Gasteiger partial charge on any atom is -0.361 e. The third-order valence-corrected chi connectivity index (χ3v) is 2.46. The molecule has 18 heavy (non-hydrogen) atoms. The molecule has 1 rings (SSSR count). The van der Waals surface area contributed by atoms with Crippen molar-refractivity contribution < 1.29 is 4.92 Å². The minimum absolute atomic E-state index is 0.0944. The summed E-state index contributed by atoms with van der Waals surface area (Å²) in [5.41, 5.74) is -0.0944. The van der Waals surface area contributed by atoms with Crippen LogP contribution in [-0.4, -0.2) is 34.5 Å². The van der Waals surface area contributed by atoms with E-state index in [4.69, 9.17) is 0 Å². The summed E-state index contributed by atoms with van der Waals surface area (Å²) in [4.78, 5) is 20.5. The molecule has 0 saturated carbocycles. The monoisotopic (exact) mass is 251 g/mol. The second-order valence-corrected chi connectivity index (χ2v) is 3.49. The van der Waals surface area contributed by atoms with E-state index in [-0.39, 0.29) is 11.5 Å². The van der Waals surface area contributed by atoms with Gasteiger partial charge in [-0.3, -0.25) is 10.1 Å². The zero-order chi connectivity index (χ0) is 13.5. The Hall–Kier alpha value is -2.18. The lowest BCUT2D eigenvalue weighted by atomic mass is 10.3. The molecular formula is C11H17N5O2. The largest absolute Gasteiger partial charge is 0.361 e. The lowest BCUT2D eigenvalue weighted by Gasteiger charge is -2.19. The molecular weight excluding hydrogens is 234 g/mol. The van der Waals surface area contributed by atoms with Gasteiger partial charge >= 0.3 is 5.69 Å². The third kappa shape index (κ3) is 2.93. The van der Waals surface area contributed by atoms with Gasteiger partial charge in [-0.1, -0.05) is 6.08 Å². The molecule has 0 saturated heterocycles. The van der Waals surface area contributed by atoms with Gasteiger partial charge in [0.1, 0.15) is 6.33 Å². The number of nitrogens with one attached hydrogen (secondary N) is 1. The number of hydrogen-bond acceptors (Lipinski definition) is 6. The van der Waals surface area contributed by atoms with Crippen molar-refractivity contribution in [2.24, 2.45) is 0 Å². The standard InChI is InChI=1S/C11H17N5O2/c1-4-7-12-10-9(16(17)18)11(14-8-13-10)15(5-2)6-3/h4,8H,1,5-7H2,2-3H3,(H,12,13,14). The van der Waals surface area contributed by atoms with Crippen molar-refractivity contribution in [3.63, 3.8) is 0 Å². The van der Waals surface area contributed by atoms with E-state index in [1.807, 2.05) is 18.7 Å². The van der Waals surface area contributed by atoms with Crippen LogP contribution < -0.4 is 10.2 Å². The predicted octanol–water partition coefficient (Wildman–Crippen LogP) is 1.83. The molecule has 1 aromatic rings. The highest BCUT2D eigenvalue weighted by molar-refractivity contribution is 5.70. The Morgan fingerprint density at radius 1 is 1.50 bits per heavy atom. The van der Waals surface area contributed by atoms with E-state index in [0.29, 0.717) is 25.5 Å². The van der Waals surface area contributed by atoms with Gasteiger partial charge in [-0.2, -0.15) is 0 Å². The van der Waals surface area contributed by atoms with Crippen molar-refractivity contribution in [1.29, 1.82) is 0 Å². The number of aromatic nitrogens is 2. The summed E-state index contributed by atoms with van der Waals surface area (Å²) in [6.07, 6.45) is 2.94. The third-order valence-electron chi connectivity index (χ3n) is 2.46. The Labute approximate surface area is 106 Å². The van der Waals surface area contributed by atoms with Crippen LogP contribution >= 0.6 is 0 Å². The Kier molecular flexibility index (Phi) is 5.04. The lowest BCUT2D eigenvalue weighted by molar-refractivity contribution is -0.383. The summed E-state index contributed by atoms with van der Waals surface area (Å²) in [6, 6.07) is 0. The first-order chi connectivity index (χ1) is 8.65. The Balaban J connectivity index is 3.24. The van der Waals surface area contributed by atoms with E-state index in [1.165, 1.54) is 6.33 Å². The number of hydrogen-bond donors (Lipinski definition) is 1. The highest BCUT2D eigenvalue weighted by Crippen LogP contribution is 2.31. The number of nitro groups is 1. The molecule has 0 aliphatic heterocycles. The van der Waals surface area contributed by atoms with Crippen molar-refractivity contribution in [3.8, 4) is 0 Å². The molecule has 0 bridgehead atoms. The summed E-state index contributed by atoms with van der Waals surface area (Å²) in [5, 5.41) is 14.0. The zero-order valence-electron chi connectivity index (χ0n) is 10.6. The average Bonchev–Trinajstić information content (AvgIpc) is 2.37. The first kappa shape index (κ1) is 13.9. The molecule has 0 unspecified atom stereocenters. The zero-order valence-corrected chi connectivity index (χ0v) is 10.6. The highest BCUT2D eigenvalue weighted by atomic mass is 16.6. The molecule has 7 heteroatoms. The van der Waals surface area contributed by atoms with Crippen LogP contribution in [0.4, 0.5) is 17.3 Å². The van der Waals surface area contributed by atoms with Crippen LogP contribution in [0, 0.1) is 10.1 Å². The first-order valence-corrected chi connectivity index (χ1v) is 5.74. The number of anilines is 2. The van der Waals surface area contributed by atoms with Gasteiger partial charge < -0.3 is 10.2 Å². The van der Waals surface area contributed by atoms with E-state index < -0.39 is 4.92 Å². The topological polar surface area (TPSA) is 84.2 Å². The minimum atomic E-state index is -0.459. The molecule has 98 valence electrons. The van der Waals surface area contributed by atoms with Crippen molar-refractivity contribution in [2.75, 3.05) is 29.9 Å². The maximum Gasteiger partial charge on any atom is 0.353 e. The van der Waals surface area contributed by atoms with Crippen LogP contribution in [0.25, 0.3) is 0 Å². The lowest BCUT2D eigenvalue weighted by Crippen LogP contribution is -2.24. The Morgan fingerprint density at radius 2 is 2.17 bits per heavy atom. The van der Waals surface area contributed by atoms with Gasteiger partial charge in [0.2, 0.25) is 11.6 Å². The van der Waals surface area contributed by atoms with Gasteiger partial charge in [0.15, 0.2) is 0 Å². The molecule has 0 aliphatic carbocycles. The van der Waals surface area contributed by atoms with Crippen molar-refractivity contribution in [1.82, 2.24) is 9.97 Å². The van der Waals surface area contributed by atoms with Gasteiger partial charge in [-0.25, -0.2) is 9.97 Å². The molecule has 0 amide bonds. The average molecular weight is 251 g/mol. The van der Waals surface area contributed by atoms with Gasteiger partial charge in [-0.15, -0.1) is 6.58 Å². The molecule has 0 fully saturated rings. The quantitative estimate of drug-likeness (QED) is 0.452. The normalized spacial score (nSPS) is 9.89. The fourth-order valence-corrected chi connectivity index (χ4v) is 1.59. The van der Waals surface area contributed by atoms with Crippen LogP contribution in [0.1, 0.15) is 13.8 Å².